The molecule has 1 aromatic heterocycles. The van der Waals surface area contributed by atoms with Gasteiger partial charge >= 0.3 is 0 Å². The second-order valence-corrected chi connectivity index (χ2v) is 2.82. The molecule has 0 aliphatic rings. The summed E-state index contributed by atoms with van der Waals surface area (Å²) in [6.07, 6.45) is 1.60. The van der Waals surface area contributed by atoms with Gasteiger partial charge in [0.1, 0.15) is 0 Å². The van der Waals surface area contributed by atoms with E-state index in [1.807, 2.05) is 19.9 Å². The molecule has 3 nitrogen and oxygen atoms in total. The van der Waals surface area contributed by atoms with Gasteiger partial charge < -0.3 is 5.73 Å². The first kappa shape index (κ1) is 8.54. The number of hydrogen-bond donors (Lipinski definition) is 1. The lowest BCUT2D eigenvalue weighted by molar-refractivity contribution is 0.917. The van der Waals surface area contributed by atoms with Gasteiger partial charge in [-0.15, -0.1) is 0 Å². The molecule has 0 saturated carbocycles. The third kappa shape index (κ3) is 1.54. The van der Waals surface area contributed by atoms with Crippen LogP contribution in [-0.4, -0.2) is 4.98 Å². The van der Waals surface area contributed by atoms with Crippen LogP contribution >= 0.6 is 0 Å². The highest BCUT2D eigenvalue weighted by Gasteiger charge is 2.05. The van der Waals surface area contributed by atoms with E-state index in [4.69, 9.17) is 11.0 Å². The van der Waals surface area contributed by atoms with Gasteiger partial charge in [-0.2, -0.15) is 5.26 Å². The summed E-state index contributed by atoms with van der Waals surface area (Å²) in [4.78, 5) is 4.06. The van der Waals surface area contributed by atoms with E-state index in [0.717, 1.165) is 11.3 Å². The first-order valence-corrected chi connectivity index (χ1v) is 3.76. The van der Waals surface area contributed by atoms with Crippen molar-refractivity contribution in [1.82, 2.24) is 4.98 Å². The van der Waals surface area contributed by atoms with Gasteiger partial charge in [0.2, 0.25) is 0 Å². The summed E-state index contributed by atoms with van der Waals surface area (Å²) in [6.45, 7) is 3.72. The molecule has 12 heavy (non-hydrogen) atoms. The first-order chi connectivity index (χ1) is 5.65. The normalized spacial score (nSPS) is 12.1. The number of rotatable bonds is 1. The van der Waals surface area contributed by atoms with E-state index in [2.05, 4.69) is 11.1 Å². The Morgan fingerprint density at radius 2 is 2.33 bits per heavy atom. The van der Waals surface area contributed by atoms with Gasteiger partial charge in [0.05, 0.1) is 29.6 Å². The molecule has 2 N–H and O–H groups in total. The van der Waals surface area contributed by atoms with Crippen LogP contribution in [0.5, 0.6) is 0 Å². The number of aryl methyl sites for hydroxylation is 1. The zero-order chi connectivity index (χ0) is 9.14. The number of aromatic nitrogens is 1. The zero-order valence-electron chi connectivity index (χ0n) is 7.20. The van der Waals surface area contributed by atoms with E-state index in [-0.39, 0.29) is 5.92 Å². The van der Waals surface area contributed by atoms with Crippen LogP contribution in [0, 0.1) is 18.3 Å². The quantitative estimate of drug-likeness (QED) is 0.680. The molecule has 1 unspecified atom stereocenters. The molecule has 62 valence electrons. The van der Waals surface area contributed by atoms with E-state index in [1.54, 1.807) is 6.20 Å². The van der Waals surface area contributed by atoms with E-state index in [1.165, 1.54) is 0 Å². The second kappa shape index (κ2) is 3.22. The summed E-state index contributed by atoms with van der Waals surface area (Å²) in [5, 5.41) is 8.63. The van der Waals surface area contributed by atoms with Crippen molar-refractivity contribution in [1.29, 1.82) is 5.26 Å². The van der Waals surface area contributed by atoms with Crippen LogP contribution < -0.4 is 5.73 Å². The lowest BCUT2D eigenvalue weighted by Crippen LogP contribution is -1.98. The van der Waals surface area contributed by atoms with Crippen LogP contribution in [-0.2, 0) is 0 Å². The number of nitrogen functional groups attached to an aromatic ring is 1. The van der Waals surface area contributed by atoms with Crippen molar-refractivity contribution in [3.8, 4) is 6.07 Å². The van der Waals surface area contributed by atoms with E-state index in [9.17, 15) is 0 Å². The van der Waals surface area contributed by atoms with Gasteiger partial charge in [-0.05, 0) is 25.5 Å². The topological polar surface area (TPSA) is 62.7 Å². The summed E-state index contributed by atoms with van der Waals surface area (Å²) in [7, 11) is 0. The van der Waals surface area contributed by atoms with Crippen LogP contribution in [0.4, 0.5) is 5.69 Å². The minimum absolute atomic E-state index is 0.163. The fourth-order valence-electron chi connectivity index (χ4n) is 0.891. The van der Waals surface area contributed by atoms with Crippen LogP contribution in [0.25, 0.3) is 0 Å². The average molecular weight is 161 g/mol. The van der Waals surface area contributed by atoms with Crippen molar-refractivity contribution in [3.05, 3.63) is 23.5 Å². The van der Waals surface area contributed by atoms with Gasteiger partial charge in [-0.1, -0.05) is 0 Å². The lowest BCUT2D eigenvalue weighted by Gasteiger charge is -2.04. The summed E-state index contributed by atoms with van der Waals surface area (Å²) in [6, 6.07) is 3.97. The van der Waals surface area contributed by atoms with Crippen molar-refractivity contribution in [2.24, 2.45) is 0 Å². The smallest absolute Gasteiger partial charge is 0.0856 e. The number of nitrogens with zero attached hydrogens (tertiary/aromatic N) is 2. The highest BCUT2D eigenvalue weighted by atomic mass is 14.7. The number of hydrogen-bond acceptors (Lipinski definition) is 3. The number of nitriles is 1. The van der Waals surface area contributed by atoms with Crippen molar-refractivity contribution >= 4 is 5.69 Å². The molecule has 1 atom stereocenters. The van der Waals surface area contributed by atoms with Gasteiger partial charge in [-0.25, -0.2) is 0 Å². The molecule has 1 heterocycles. The van der Waals surface area contributed by atoms with Gasteiger partial charge in [0, 0.05) is 0 Å². The first-order valence-electron chi connectivity index (χ1n) is 3.76. The molecule has 0 saturated heterocycles. The molecular formula is C9H11N3. The summed E-state index contributed by atoms with van der Waals surface area (Å²) in [5.74, 6) is -0.163. The fourth-order valence-corrected chi connectivity index (χ4v) is 0.891. The Kier molecular flexibility index (Phi) is 2.29. The molecule has 0 spiro atoms. The van der Waals surface area contributed by atoms with Crippen LogP contribution in [0.3, 0.4) is 0 Å². The Hall–Kier alpha value is -1.56. The number of anilines is 1. The van der Waals surface area contributed by atoms with Gasteiger partial charge in [0.15, 0.2) is 0 Å². The monoisotopic (exact) mass is 161 g/mol. The van der Waals surface area contributed by atoms with Crippen molar-refractivity contribution < 1.29 is 0 Å². The maximum Gasteiger partial charge on any atom is 0.0856 e. The third-order valence-corrected chi connectivity index (χ3v) is 1.81. The molecule has 3 heteroatoms. The largest absolute Gasteiger partial charge is 0.397 e. The standard InChI is InChI=1S/C9H11N3/c1-6-3-9(7(2)4-10)12-5-8(6)11/h3,5,7H,11H2,1-2H3. The predicted molar refractivity (Wildman–Crippen MR) is 47.4 cm³/mol. The lowest BCUT2D eigenvalue weighted by atomic mass is 10.1. The molecule has 0 radical (unpaired) electrons. The van der Waals surface area contributed by atoms with Crippen molar-refractivity contribution in [3.63, 3.8) is 0 Å². The van der Waals surface area contributed by atoms with Crippen LogP contribution in [0.15, 0.2) is 12.3 Å². The Labute approximate surface area is 71.8 Å². The van der Waals surface area contributed by atoms with E-state index in [0.29, 0.717) is 5.69 Å². The van der Waals surface area contributed by atoms with Crippen molar-refractivity contribution in [2.45, 2.75) is 19.8 Å². The molecule has 0 fully saturated rings. The maximum absolute atomic E-state index is 8.63. The van der Waals surface area contributed by atoms with E-state index >= 15 is 0 Å². The van der Waals surface area contributed by atoms with Gasteiger partial charge in [0.25, 0.3) is 0 Å². The van der Waals surface area contributed by atoms with Crippen LogP contribution in [0.2, 0.25) is 0 Å². The molecule has 0 aliphatic heterocycles. The van der Waals surface area contributed by atoms with Crippen molar-refractivity contribution in [2.75, 3.05) is 5.73 Å². The Morgan fingerprint density at radius 1 is 1.67 bits per heavy atom. The molecule has 1 aromatic rings. The van der Waals surface area contributed by atoms with Gasteiger partial charge in [-0.3, -0.25) is 4.98 Å². The molecule has 0 aliphatic carbocycles. The Morgan fingerprint density at radius 3 is 2.83 bits per heavy atom. The predicted octanol–water partition coefficient (Wildman–Crippen LogP) is 1.60. The maximum atomic E-state index is 8.63. The Bertz CT molecular complexity index is 325. The number of nitrogens with two attached hydrogens (primary N) is 1. The summed E-state index contributed by atoms with van der Waals surface area (Å²) < 4.78 is 0. The molecule has 1 rings (SSSR count). The minimum atomic E-state index is -0.163. The highest BCUT2D eigenvalue weighted by molar-refractivity contribution is 5.44. The third-order valence-electron chi connectivity index (χ3n) is 1.81. The zero-order valence-corrected chi connectivity index (χ0v) is 7.20. The Balaban J connectivity index is 3.06. The second-order valence-electron chi connectivity index (χ2n) is 2.82. The SMILES string of the molecule is Cc1cc(C(C)C#N)ncc1N. The fraction of sp³-hybridized carbons (Fsp3) is 0.333. The highest BCUT2D eigenvalue weighted by Crippen LogP contribution is 2.16. The van der Waals surface area contributed by atoms with E-state index < -0.39 is 0 Å². The van der Waals surface area contributed by atoms with Crippen LogP contribution in [0.1, 0.15) is 24.1 Å². The molecule has 0 bridgehead atoms. The molecule has 0 amide bonds. The average Bonchev–Trinajstić information content (AvgIpc) is 2.08. The number of pyridine rings is 1. The summed E-state index contributed by atoms with van der Waals surface area (Å²) >= 11 is 0. The molecular weight excluding hydrogens is 150 g/mol. The molecule has 0 aromatic carbocycles. The summed E-state index contributed by atoms with van der Waals surface area (Å²) in [5.41, 5.74) is 8.01. The minimum Gasteiger partial charge on any atom is -0.397 e.